The molecule has 0 aliphatic heterocycles. The molecule has 0 aliphatic carbocycles. The molecule has 0 unspecified atom stereocenters. The van der Waals surface area contributed by atoms with Crippen molar-refractivity contribution in [1.29, 1.82) is 0 Å². The molecule has 0 aliphatic rings. The van der Waals surface area contributed by atoms with Gasteiger partial charge in [0, 0.05) is 5.69 Å². The molecule has 0 saturated carbocycles. The molecule has 0 saturated heterocycles. The van der Waals surface area contributed by atoms with E-state index >= 15 is 0 Å². The highest BCUT2D eigenvalue weighted by atomic mass is 16.4. The lowest BCUT2D eigenvalue weighted by atomic mass is 10.1. The number of hydrogen-bond acceptors (Lipinski definition) is 4. The normalized spacial score (nSPS) is 10.1. The summed E-state index contributed by atoms with van der Waals surface area (Å²) >= 11 is 0. The zero-order valence-electron chi connectivity index (χ0n) is 11.3. The summed E-state index contributed by atoms with van der Waals surface area (Å²) in [7, 11) is 0. The molecule has 6 heteroatoms. The predicted octanol–water partition coefficient (Wildman–Crippen LogP) is 2.23. The van der Waals surface area contributed by atoms with Crippen LogP contribution in [0.5, 0.6) is 5.75 Å². The average molecular weight is 286 g/mol. The SMILES string of the molecule is Cc1cccc(C(=O)Nc2ccc(N)cc2C(=O)O)c1O. The number of anilines is 2. The molecule has 0 radical (unpaired) electrons. The molecule has 21 heavy (non-hydrogen) atoms. The third-order valence-electron chi connectivity index (χ3n) is 3.00. The number of carboxylic acid groups (broad SMARTS) is 1. The molecule has 0 spiro atoms. The minimum Gasteiger partial charge on any atom is -0.507 e. The number of amides is 1. The van der Waals surface area contributed by atoms with Crippen LogP contribution in [0.2, 0.25) is 0 Å². The van der Waals surface area contributed by atoms with E-state index in [-0.39, 0.29) is 28.3 Å². The highest BCUT2D eigenvalue weighted by molar-refractivity contribution is 6.09. The van der Waals surface area contributed by atoms with Crippen molar-refractivity contribution in [3.05, 3.63) is 53.1 Å². The average Bonchev–Trinajstić information content (AvgIpc) is 2.43. The summed E-state index contributed by atoms with van der Waals surface area (Å²) < 4.78 is 0. The van der Waals surface area contributed by atoms with Crippen LogP contribution < -0.4 is 11.1 Å². The van der Waals surface area contributed by atoms with Gasteiger partial charge in [0.25, 0.3) is 5.91 Å². The summed E-state index contributed by atoms with van der Waals surface area (Å²) in [6.07, 6.45) is 0. The number of aromatic carboxylic acids is 1. The summed E-state index contributed by atoms with van der Waals surface area (Å²) in [4.78, 5) is 23.3. The van der Waals surface area contributed by atoms with Crippen molar-refractivity contribution in [3.63, 3.8) is 0 Å². The Kier molecular flexibility index (Phi) is 3.80. The van der Waals surface area contributed by atoms with Gasteiger partial charge in [0.15, 0.2) is 0 Å². The fourth-order valence-corrected chi connectivity index (χ4v) is 1.88. The molecular formula is C15H14N2O4. The van der Waals surface area contributed by atoms with E-state index in [0.717, 1.165) is 0 Å². The van der Waals surface area contributed by atoms with Gasteiger partial charge >= 0.3 is 5.97 Å². The topological polar surface area (TPSA) is 113 Å². The summed E-state index contributed by atoms with van der Waals surface area (Å²) in [6, 6.07) is 8.90. The minimum atomic E-state index is -1.20. The second-order valence-electron chi connectivity index (χ2n) is 4.54. The van der Waals surface area contributed by atoms with Gasteiger partial charge < -0.3 is 21.3 Å². The molecule has 2 rings (SSSR count). The number of carboxylic acids is 1. The molecule has 0 heterocycles. The molecule has 0 aromatic heterocycles. The van der Waals surface area contributed by atoms with Gasteiger partial charge in [-0.15, -0.1) is 0 Å². The van der Waals surface area contributed by atoms with E-state index in [1.54, 1.807) is 19.1 Å². The van der Waals surface area contributed by atoms with E-state index in [0.29, 0.717) is 5.56 Å². The third-order valence-corrected chi connectivity index (χ3v) is 3.00. The Bertz CT molecular complexity index is 726. The first-order chi connectivity index (χ1) is 9.90. The summed E-state index contributed by atoms with van der Waals surface area (Å²) in [5.74, 6) is -1.93. The Labute approximate surface area is 120 Å². The quantitative estimate of drug-likeness (QED) is 0.646. The van der Waals surface area contributed by atoms with Crippen LogP contribution in [-0.2, 0) is 0 Å². The zero-order chi connectivity index (χ0) is 15.6. The minimum absolute atomic E-state index is 0.0724. The van der Waals surface area contributed by atoms with Crippen molar-refractivity contribution in [2.75, 3.05) is 11.1 Å². The van der Waals surface area contributed by atoms with Crippen LogP contribution in [0, 0.1) is 6.92 Å². The number of benzene rings is 2. The van der Waals surface area contributed by atoms with Crippen molar-refractivity contribution in [2.24, 2.45) is 0 Å². The Hall–Kier alpha value is -3.02. The summed E-state index contributed by atoms with van der Waals surface area (Å²) in [5, 5.41) is 21.5. The molecule has 0 atom stereocenters. The number of hydrogen-bond donors (Lipinski definition) is 4. The molecule has 2 aromatic carbocycles. The van der Waals surface area contributed by atoms with Crippen LogP contribution in [0.1, 0.15) is 26.3 Å². The van der Waals surface area contributed by atoms with E-state index in [1.165, 1.54) is 24.3 Å². The van der Waals surface area contributed by atoms with Gasteiger partial charge in [0.2, 0.25) is 0 Å². The number of rotatable bonds is 3. The maximum absolute atomic E-state index is 12.2. The molecule has 6 nitrogen and oxygen atoms in total. The summed E-state index contributed by atoms with van der Waals surface area (Å²) in [5.41, 5.74) is 6.44. The van der Waals surface area contributed by atoms with Crippen LogP contribution in [0.3, 0.4) is 0 Å². The number of nitrogens with two attached hydrogens (primary N) is 1. The number of carbonyl (C=O) groups excluding carboxylic acids is 1. The first kappa shape index (κ1) is 14.4. The molecule has 108 valence electrons. The van der Waals surface area contributed by atoms with E-state index in [1.807, 2.05) is 0 Å². The van der Waals surface area contributed by atoms with Gasteiger partial charge in [-0.25, -0.2) is 4.79 Å². The zero-order valence-corrected chi connectivity index (χ0v) is 11.3. The van der Waals surface area contributed by atoms with Crippen molar-refractivity contribution in [1.82, 2.24) is 0 Å². The number of nitrogens with one attached hydrogen (secondary N) is 1. The van der Waals surface area contributed by atoms with Crippen molar-refractivity contribution >= 4 is 23.3 Å². The third kappa shape index (κ3) is 2.94. The van der Waals surface area contributed by atoms with Crippen LogP contribution >= 0.6 is 0 Å². The van der Waals surface area contributed by atoms with E-state index in [9.17, 15) is 14.7 Å². The lowest BCUT2D eigenvalue weighted by molar-refractivity contribution is 0.0698. The molecular weight excluding hydrogens is 272 g/mol. The lowest BCUT2D eigenvalue weighted by Crippen LogP contribution is -2.15. The molecule has 0 bridgehead atoms. The Morgan fingerprint density at radius 2 is 1.86 bits per heavy atom. The molecule has 0 fully saturated rings. The Morgan fingerprint density at radius 1 is 1.14 bits per heavy atom. The van der Waals surface area contributed by atoms with E-state index < -0.39 is 11.9 Å². The van der Waals surface area contributed by atoms with Gasteiger partial charge in [-0.1, -0.05) is 12.1 Å². The number of phenols is 1. The van der Waals surface area contributed by atoms with E-state index in [4.69, 9.17) is 10.8 Å². The lowest BCUT2D eigenvalue weighted by Gasteiger charge is -2.11. The van der Waals surface area contributed by atoms with Crippen molar-refractivity contribution in [2.45, 2.75) is 6.92 Å². The Balaban J connectivity index is 2.36. The second-order valence-corrected chi connectivity index (χ2v) is 4.54. The predicted molar refractivity (Wildman–Crippen MR) is 78.6 cm³/mol. The highest BCUT2D eigenvalue weighted by Crippen LogP contribution is 2.24. The Morgan fingerprint density at radius 3 is 2.52 bits per heavy atom. The number of aryl methyl sites for hydroxylation is 1. The highest BCUT2D eigenvalue weighted by Gasteiger charge is 2.16. The number of carbonyl (C=O) groups is 2. The van der Waals surface area contributed by atoms with Crippen LogP contribution in [0.15, 0.2) is 36.4 Å². The first-order valence-electron chi connectivity index (χ1n) is 6.13. The fourth-order valence-electron chi connectivity index (χ4n) is 1.88. The number of para-hydroxylation sites is 1. The first-order valence-corrected chi connectivity index (χ1v) is 6.13. The molecule has 2 aromatic rings. The van der Waals surface area contributed by atoms with Crippen molar-refractivity contribution < 1.29 is 19.8 Å². The second kappa shape index (κ2) is 5.54. The van der Waals surface area contributed by atoms with Gasteiger partial charge in [0.1, 0.15) is 5.75 Å². The van der Waals surface area contributed by atoms with Gasteiger partial charge in [-0.3, -0.25) is 4.79 Å². The number of nitrogen functional groups attached to an aromatic ring is 1. The number of phenolic OH excluding ortho intramolecular Hbond substituents is 1. The summed E-state index contributed by atoms with van der Waals surface area (Å²) in [6.45, 7) is 1.66. The molecule has 5 N–H and O–H groups in total. The van der Waals surface area contributed by atoms with Crippen molar-refractivity contribution in [3.8, 4) is 5.75 Å². The smallest absolute Gasteiger partial charge is 0.337 e. The molecule has 1 amide bonds. The standard InChI is InChI=1S/C15H14N2O4/c1-8-3-2-4-10(13(8)18)14(19)17-12-6-5-9(16)7-11(12)15(20)21/h2-7,18H,16H2,1H3,(H,17,19)(H,20,21). The fraction of sp³-hybridized carbons (Fsp3) is 0.0667. The van der Waals surface area contributed by atoms with Crippen LogP contribution in [-0.4, -0.2) is 22.1 Å². The monoisotopic (exact) mass is 286 g/mol. The van der Waals surface area contributed by atoms with Gasteiger partial charge in [0.05, 0.1) is 16.8 Å². The van der Waals surface area contributed by atoms with Crippen LogP contribution in [0.4, 0.5) is 11.4 Å². The van der Waals surface area contributed by atoms with E-state index in [2.05, 4.69) is 5.32 Å². The van der Waals surface area contributed by atoms with Gasteiger partial charge in [-0.2, -0.15) is 0 Å². The van der Waals surface area contributed by atoms with Gasteiger partial charge in [-0.05, 0) is 36.8 Å². The largest absolute Gasteiger partial charge is 0.507 e. The van der Waals surface area contributed by atoms with Crippen LogP contribution in [0.25, 0.3) is 0 Å². The number of aromatic hydroxyl groups is 1. The maximum Gasteiger partial charge on any atom is 0.337 e. The maximum atomic E-state index is 12.2.